The van der Waals surface area contributed by atoms with E-state index >= 15 is 0 Å². The molecule has 0 radical (unpaired) electrons. The fourth-order valence-electron chi connectivity index (χ4n) is 4.12. The van der Waals surface area contributed by atoms with Crippen LogP contribution in [0, 0.1) is 0 Å². The van der Waals surface area contributed by atoms with Gasteiger partial charge in [0.25, 0.3) is 0 Å². The zero-order valence-corrected chi connectivity index (χ0v) is 11.8. The molecule has 1 N–H and O–H groups in total. The van der Waals surface area contributed by atoms with E-state index in [2.05, 4.69) is 28.2 Å². The summed E-state index contributed by atoms with van der Waals surface area (Å²) in [6.45, 7) is 2.71. The van der Waals surface area contributed by atoms with Crippen LogP contribution in [0.3, 0.4) is 0 Å². The lowest BCUT2D eigenvalue weighted by Gasteiger charge is -2.34. The van der Waals surface area contributed by atoms with Gasteiger partial charge in [-0.25, -0.2) is 0 Å². The van der Waals surface area contributed by atoms with Crippen molar-refractivity contribution in [2.24, 2.45) is 0 Å². The molecule has 1 aliphatic carbocycles. The molecule has 0 bridgehead atoms. The summed E-state index contributed by atoms with van der Waals surface area (Å²) >= 11 is 2.08. The zero-order valence-electron chi connectivity index (χ0n) is 11.0. The standard InChI is InChI=1S/C14H26N2S/c1-17-14-7-4-5-12(14)15-11-8-10-16-9-3-2-6-13(11)16/h11-15H,2-10H2,1H3. The molecule has 3 heteroatoms. The molecule has 2 nitrogen and oxygen atoms in total. The molecule has 1 saturated carbocycles. The molecule has 0 aromatic carbocycles. The Morgan fingerprint density at radius 3 is 2.76 bits per heavy atom. The molecule has 2 aliphatic heterocycles. The van der Waals surface area contributed by atoms with Crippen LogP contribution in [0.4, 0.5) is 0 Å². The number of hydrogen-bond donors (Lipinski definition) is 1. The second-order valence-electron chi connectivity index (χ2n) is 5.97. The normalized spacial score (nSPS) is 42.9. The van der Waals surface area contributed by atoms with Gasteiger partial charge in [0, 0.05) is 29.9 Å². The number of nitrogens with zero attached hydrogens (tertiary/aromatic N) is 1. The number of hydrogen-bond acceptors (Lipinski definition) is 3. The maximum absolute atomic E-state index is 4.02. The van der Waals surface area contributed by atoms with Crippen molar-refractivity contribution in [3.05, 3.63) is 0 Å². The van der Waals surface area contributed by atoms with Crippen molar-refractivity contribution in [2.75, 3.05) is 19.3 Å². The monoisotopic (exact) mass is 254 g/mol. The number of rotatable bonds is 3. The smallest absolute Gasteiger partial charge is 0.0249 e. The average molecular weight is 254 g/mol. The van der Waals surface area contributed by atoms with Crippen LogP contribution in [0.25, 0.3) is 0 Å². The van der Waals surface area contributed by atoms with Gasteiger partial charge in [-0.2, -0.15) is 11.8 Å². The highest BCUT2D eigenvalue weighted by atomic mass is 32.2. The maximum atomic E-state index is 4.02. The first kappa shape index (κ1) is 12.3. The summed E-state index contributed by atoms with van der Waals surface area (Å²) in [6.07, 6.45) is 12.3. The van der Waals surface area contributed by atoms with Gasteiger partial charge < -0.3 is 5.32 Å². The molecule has 0 aromatic rings. The van der Waals surface area contributed by atoms with Crippen LogP contribution in [-0.4, -0.2) is 47.6 Å². The molecule has 3 fully saturated rings. The summed E-state index contributed by atoms with van der Waals surface area (Å²) in [4.78, 5) is 2.74. The summed E-state index contributed by atoms with van der Waals surface area (Å²) in [5, 5.41) is 4.90. The van der Waals surface area contributed by atoms with Crippen LogP contribution in [0.15, 0.2) is 0 Å². The van der Waals surface area contributed by atoms with E-state index in [0.29, 0.717) is 0 Å². The van der Waals surface area contributed by atoms with E-state index in [1.807, 2.05) is 0 Å². The quantitative estimate of drug-likeness (QED) is 0.833. The van der Waals surface area contributed by atoms with Gasteiger partial charge in [0.15, 0.2) is 0 Å². The second-order valence-corrected chi connectivity index (χ2v) is 7.05. The van der Waals surface area contributed by atoms with E-state index in [1.165, 1.54) is 58.0 Å². The second kappa shape index (κ2) is 5.50. The van der Waals surface area contributed by atoms with E-state index in [9.17, 15) is 0 Å². The van der Waals surface area contributed by atoms with Gasteiger partial charge in [-0.1, -0.05) is 12.8 Å². The van der Waals surface area contributed by atoms with Gasteiger partial charge in [-0.3, -0.25) is 4.90 Å². The van der Waals surface area contributed by atoms with Gasteiger partial charge in [-0.05, 0) is 44.9 Å². The molecule has 4 unspecified atom stereocenters. The Labute approximate surface area is 110 Å². The molecule has 3 aliphatic rings. The van der Waals surface area contributed by atoms with Crippen molar-refractivity contribution in [1.29, 1.82) is 0 Å². The predicted octanol–water partition coefficient (Wildman–Crippen LogP) is 2.49. The van der Waals surface area contributed by atoms with Crippen LogP contribution in [-0.2, 0) is 0 Å². The third kappa shape index (κ3) is 2.52. The highest BCUT2D eigenvalue weighted by Crippen LogP contribution is 2.32. The van der Waals surface area contributed by atoms with Crippen molar-refractivity contribution in [2.45, 2.75) is 68.3 Å². The first-order chi connectivity index (χ1) is 8.38. The summed E-state index contributed by atoms with van der Waals surface area (Å²) in [5.74, 6) is 0. The SMILES string of the molecule is CSC1CCCC1NC1CCN2CCCCC12. The third-order valence-electron chi connectivity index (χ3n) is 5.04. The molecule has 0 aromatic heterocycles. The Morgan fingerprint density at radius 2 is 1.88 bits per heavy atom. The third-order valence-corrected chi connectivity index (χ3v) is 6.21. The largest absolute Gasteiger partial charge is 0.309 e. The lowest BCUT2D eigenvalue weighted by atomic mass is 9.98. The number of piperidine rings is 1. The minimum Gasteiger partial charge on any atom is -0.309 e. The van der Waals surface area contributed by atoms with Crippen LogP contribution < -0.4 is 5.32 Å². The van der Waals surface area contributed by atoms with E-state index in [-0.39, 0.29) is 0 Å². The maximum Gasteiger partial charge on any atom is 0.0249 e. The topological polar surface area (TPSA) is 15.3 Å². The van der Waals surface area contributed by atoms with Crippen molar-refractivity contribution >= 4 is 11.8 Å². The van der Waals surface area contributed by atoms with Gasteiger partial charge in [-0.15, -0.1) is 0 Å². The van der Waals surface area contributed by atoms with Crippen molar-refractivity contribution < 1.29 is 0 Å². The minimum absolute atomic E-state index is 0.799. The van der Waals surface area contributed by atoms with E-state index in [4.69, 9.17) is 0 Å². The fourth-order valence-corrected chi connectivity index (χ4v) is 5.06. The van der Waals surface area contributed by atoms with Crippen molar-refractivity contribution in [1.82, 2.24) is 10.2 Å². The molecule has 0 amide bonds. The van der Waals surface area contributed by atoms with Crippen LogP contribution in [0.5, 0.6) is 0 Å². The minimum atomic E-state index is 0.799. The molecular weight excluding hydrogens is 228 g/mol. The first-order valence-corrected chi connectivity index (χ1v) is 8.70. The van der Waals surface area contributed by atoms with Gasteiger partial charge >= 0.3 is 0 Å². The Hall–Kier alpha value is 0.270. The van der Waals surface area contributed by atoms with E-state index in [0.717, 1.165) is 23.4 Å². The summed E-state index contributed by atoms with van der Waals surface area (Å²) in [6, 6.07) is 2.47. The highest BCUT2D eigenvalue weighted by Gasteiger charge is 2.38. The Balaban J connectivity index is 1.58. The number of thioether (sulfide) groups is 1. The van der Waals surface area contributed by atoms with Crippen LogP contribution in [0.1, 0.15) is 44.9 Å². The van der Waals surface area contributed by atoms with Crippen molar-refractivity contribution in [3.8, 4) is 0 Å². The molecule has 4 atom stereocenters. The molecule has 98 valence electrons. The zero-order chi connectivity index (χ0) is 11.7. The lowest BCUT2D eigenvalue weighted by molar-refractivity contribution is 0.177. The number of fused-ring (bicyclic) bond motifs is 1. The molecule has 17 heavy (non-hydrogen) atoms. The highest BCUT2D eigenvalue weighted by molar-refractivity contribution is 7.99. The van der Waals surface area contributed by atoms with Gasteiger partial charge in [0.2, 0.25) is 0 Å². The molecule has 3 rings (SSSR count). The Morgan fingerprint density at radius 1 is 0.941 bits per heavy atom. The average Bonchev–Trinajstić information content (AvgIpc) is 2.97. The molecule has 2 heterocycles. The van der Waals surface area contributed by atoms with Crippen LogP contribution >= 0.6 is 11.8 Å². The summed E-state index contributed by atoms with van der Waals surface area (Å²) in [5.41, 5.74) is 0. The van der Waals surface area contributed by atoms with E-state index in [1.54, 1.807) is 0 Å². The van der Waals surface area contributed by atoms with E-state index < -0.39 is 0 Å². The molecule has 0 spiro atoms. The first-order valence-electron chi connectivity index (χ1n) is 7.41. The summed E-state index contributed by atoms with van der Waals surface area (Å²) < 4.78 is 0. The Bertz CT molecular complexity index is 259. The molecular formula is C14H26N2S. The molecule has 2 saturated heterocycles. The van der Waals surface area contributed by atoms with Gasteiger partial charge in [0.1, 0.15) is 0 Å². The van der Waals surface area contributed by atoms with Gasteiger partial charge in [0.05, 0.1) is 0 Å². The van der Waals surface area contributed by atoms with Crippen molar-refractivity contribution in [3.63, 3.8) is 0 Å². The lowest BCUT2D eigenvalue weighted by Crippen LogP contribution is -2.49. The Kier molecular flexibility index (Phi) is 3.98. The number of nitrogens with one attached hydrogen (secondary N) is 1. The van der Waals surface area contributed by atoms with Crippen LogP contribution in [0.2, 0.25) is 0 Å². The predicted molar refractivity (Wildman–Crippen MR) is 75.7 cm³/mol. The fraction of sp³-hybridized carbons (Fsp3) is 1.00. The summed E-state index contributed by atoms with van der Waals surface area (Å²) in [7, 11) is 0.